The Morgan fingerprint density at radius 2 is 1.76 bits per heavy atom. The molecule has 1 aromatic carbocycles. The van der Waals surface area contributed by atoms with E-state index < -0.39 is 17.4 Å². The number of ether oxygens (including phenoxy) is 2. The average molecular weight is 286 g/mol. The quantitative estimate of drug-likeness (QED) is 0.361. The van der Waals surface area contributed by atoms with Gasteiger partial charge in [-0.3, -0.25) is 9.59 Å². The Kier molecular flexibility index (Phi) is 6.22. The van der Waals surface area contributed by atoms with Crippen molar-refractivity contribution in [2.24, 2.45) is 5.41 Å². The van der Waals surface area contributed by atoms with E-state index in [1.54, 1.807) is 0 Å². The monoisotopic (exact) mass is 286 g/mol. The molecule has 4 heteroatoms. The third-order valence-electron chi connectivity index (χ3n) is 3.04. The van der Waals surface area contributed by atoms with Crippen LogP contribution in [0.3, 0.4) is 0 Å². The zero-order chi connectivity index (χ0) is 15.7. The van der Waals surface area contributed by atoms with Crippen LogP contribution in [0.15, 0.2) is 43.0 Å². The van der Waals surface area contributed by atoms with Crippen LogP contribution in [0.2, 0.25) is 0 Å². The summed E-state index contributed by atoms with van der Waals surface area (Å²) in [5.41, 5.74) is -0.660. The zero-order valence-corrected chi connectivity index (χ0v) is 12.2. The van der Waals surface area contributed by atoms with Crippen LogP contribution in [0.1, 0.15) is 18.4 Å². The third kappa shape index (κ3) is 3.96. The minimum Gasteiger partial charge on any atom is -0.468 e. The number of hydrogen-bond donors (Lipinski definition) is 0. The van der Waals surface area contributed by atoms with Crippen LogP contribution in [-0.2, 0) is 19.1 Å². The first-order valence-electron chi connectivity index (χ1n) is 6.42. The number of esters is 2. The van der Waals surface area contributed by atoms with E-state index in [1.165, 1.54) is 20.3 Å². The fourth-order valence-electron chi connectivity index (χ4n) is 1.92. The largest absolute Gasteiger partial charge is 0.468 e. The van der Waals surface area contributed by atoms with Gasteiger partial charge in [0, 0.05) is 12.0 Å². The first kappa shape index (κ1) is 16.5. The lowest BCUT2D eigenvalue weighted by atomic mass is 9.81. The highest BCUT2D eigenvalue weighted by Gasteiger charge is 2.46. The van der Waals surface area contributed by atoms with Crippen molar-refractivity contribution >= 4 is 11.9 Å². The van der Waals surface area contributed by atoms with Crippen molar-refractivity contribution < 1.29 is 19.1 Å². The molecule has 0 aromatic heterocycles. The predicted octanol–water partition coefficient (Wildman–Crippen LogP) is 2.34. The summed E-state index contributed by atoms with van der Waals surface area (Å²) in [4.78, 5) is 24.1. The molecule has 0 fully saturated rings. The van der Waals surface area contributed by atoms with E-state index in [4.69, 9.17) is 9.47 Å². The molecule has 110 valence electrons. The second kappa shape index (κ2) is 7.91. The minimum atomic E-state index is -1.47. The summed E-state index contributed by atoms with van der Waals surface area (Å²) in [6.07, 6.45) is 1.60. The molecule has 0 aliphatic rings. The van der Waals surface area contributed by atoms with Crippen molar-refractivity contribution in [3.8, 4) is 11.8 Å². The van der Waals surface area contributed by atoms with Crippen molar-refractivity contribution in [3.63, 3.8) is 0 Å². The van der Waals surface area contributed by atoms with Gasteiger partial charge in [-0.05, 0) is 18.6 Å². The van der Waals surface area contributed by atoms with Gasteiger partial charge < -0.3 is 9.47 Å². The number of carbonyl (C=O) groups excluding carboxylic acids is 2. The first-order valence-corrected chi connectivity index (χ1v) is 6.42. The first-order chi connectivity index (χ1) is 10.1. The number of benzene rings is 1. The summed E-state index contributed by atoms with van der Waals surface area (Å²) < 4.78 is 9.48. The van der Waals surface area contributed by atoms with E-state index in [1.807, 2.05) is 30.3 Å². The maximum Gasteiger partial charge on any atom is 0.324 e. The number of methoxy groups -OCH3 is 2. The molecule has 0 saturated carbocycles. The molecular weight excluding hydrogens is 268 g/mol. The number of carbonyl (C=O) groups is 2. The molecule has 0 radical (unpaired) electrons. The summed E-state index contributed by atoms with van der Waals surface area (Å²) in [5.74, 6) is 4.44. The zero-order valence-electron chi connectivity index (χ0n) is 12.2. The van der Waals surface area contributed by atoms with Crippen LogP contribution >= 0.6 is 0 Å². The van der Waals surface area contributed by atoms with Crippen LogP contribution in [-0.4, -0.2) is 26.2 Å². The van der Waals surface area contributed by atoms with Crippen LogP contribution in [0.4, 0.5) is 0 Å². The number of rotatable bonds is 5. The maximum atomic E-state index is 12.0. The molecule has 0 heterocycles. The molecule has 0 aliphatic heterocycles. The summed E-state index contributed by atoms with van der Waals surface area (Å²) in [7, 11) is 2.46. The summed E-state index contributed by atoms with van der Waals surface area (Å²) >= 11 is 0. The van der Waals surface area contributed by atoms with Crippen molar-refractivity contribution in [1.82, 2.24) is 0 Å². The third-order valence-corrected chi connectivity index (χ3v) is 3.04. The Morgan fingerprint density at radius 1 is 1.19 bits per heavy atom. The Bertz CT molecular complexity index is 547. The standard InChI is InChI=1S/C17H18O4/c1-4-12-17(15(18)20-2,16(19)21-3)13-8-11-14-9-6-5-7-10-14/h4-7,9-10H,1,12-13H2,2-3H3. The highest BCUT2D eigenvalue weighted by atomic mass is 16.5. The van der Waals surface area contributed by atoms with Gasteiger partial charge in [-0.2, -0.15) is 0 Å². The lowest BCUT2D eigenvalue weighted by Crippen LogP contribution is -2.40. The van der Waals surface area contributed by atoms with Gasteiger partial charge in [-0.1, -0.05) is 36.1 Å². The van der Waals surface area contributed by atoms with Crippen molar-refractivity contribution in [2.45, 2.75) is 12.8 Å². The highest BCUT2D eigenvalue weighted by molar-refractivity contribution is 6.00. The molecule has 0 aliphatic carbocycles. The van der Waals surface area contributed by atoms with Gasteiger partial charge in [0.05, 0.1) is 14.2 Å². The van der Waals surface area contributed by atoms with Crippen molar-refractivity contribution in [1.29, 1.82) is 0 Å². The van der Waals surface area contributed by atoms with Crippen molar-refractivity contribution in [3.05, 3.63) is 48.6 Å². The molecule has 0 bridgehead atoms. The molecule has 0 atom stereocenters. The van der Waals surface area contributed by atoms with Gasteiger partial charge in [-0.25, -0.2) is 0 Å². The van der Waals surface area contributed by atoms with E-state index in [-0.39, 0.29) is 12.8 Å². The number of hydrogen-bond acceptors (Lipinski definition) is 4. The lowest BCUT2D eigenvalue weighted by molar-refractivity contribution is -0.168. The minimum absolute atomic E-state index is 0.00720. The van der Waals surface area contributed by atoms with Gasteiger partial charge in [-0.15, -0.1) is 6.58 Å². The Hall–Kier alpha value is -2.54. The van der Waals surface area contributed by atoms with E-state index in [9.17, 15) is 9.59 Å². The molecule has 1 rings (SSSR count). The summed E-state index contributed by atoms with van der Waals surface area (Å²) in [6, 6.07) is 9.30. The van der Waals surface area contributed by atoms with Crippen LogP contribution in [0.5, 0.6) is 0 Å². The SMILES string of the molecule is C=CCC(CC#Cc1ccccc1)(C(=O)OC)C(=O)OC. The average Bonchev–Trinajstić information content (AvgIpc) is 2.53. The molecule has 0 unspecified atom stereocenters. The highest BCUT2D eigenvalue weighted by Crippen LogP contribution is 2.30. The fourth-order valence-corrected chi connectivity index (χ4v) is 1.92. The lowest BCUT2D eigenvalue weighted by Gasteiger charge is -2.24. The molecule has 4 nitrogen and oxygen atoms in total. The van der Waals surface area contributed by atoms with Gasteiger partial charge in [0.2, 0.25) is 0 Å². The summed E-state index contributed by atoms with van der Waals surface area (Å²) in [5, 5.41) is 0. The Labute approximate surface area is 124 Å². The van der Waals surface area contributed by atoms with E-state index in [0.717, 1.165) is 5.56 Å². The smallest absolute Gasteiger partial charge is 0.324 e. The van der Waals surface area contributed by atoms with E-state index >= 15 is 0 Å². The second-order valence-corrected chi connectivity index (χ2v) is 4.40. The topological polar surface area (TPSA) is 52.6 Å². The summed E-state index contributed by atoms with van der Waals surface area (Å²) in [6.45, 7) is 3.58. The number of allylic oxidation sites excluding steroid dienone is 1. The van der Waals surface area contributed by atoms with Gasteiger partial charge in [0.25, 0.3) is 0 Å². The molecule has 0 saturated heterocycles. The second-order valence-electron chi connectivity index (χ2n) is 4.40. The molecule has 0 spiro atoms. The van der Waals surface area contributed by atoms with Crippen LogP contribution in [0.25, 0.3) is 0 Å². The predicted molar refractivity (Wildman–Crippen MR) is 79.2 cm³/mol. The van der Waals surface area contributed by atoms with Gasteiger partial charge in [0.15, 0.2) is 5.41 Å². The van der Waals surface area contributed by atoms with E-state index in [2.05, 4.69) is 18.4 Å². The Balaban J connectivity index is 3.07. The molecule has 21 heavy (non-hydrogen) atoms. The van der Waals surface area contributed by atoms with Crippen LogP contribution in [0, 0.1) is 17.3 Å². The Morgan fingerprint density at radius 3 is 2.24 bits per heavy atom. The molecule has 0 N–H and O–H groups in total. The molecular formula is C17H18O4. The van der Waals surface area contributed by atoms with E-state index in [0.29, 0.717) is 0 Å². The molecule has 0 amide bonds. The maximum absolute atomic E-state index is 12.0. The van der Waals surface area contributed by atoms with Gasteiger partial charge >= 0.3 is 11.9 Å². The normalized spacial score (nSPS) is 10.0. The fraction of sp³-hybridized carbons (Fsp3) is 0.294. The van der Waals surface area contributed by atoms with Crippen LogP contribution < -0.4 is 0 Å². The molecule has 1 aromatic rings. The van der Waals surface area contributed by atoms with Gasteiger partial charge in [0.1, 0.15) is 0 Å². The van der Waals surface area contributed by atoms with Crippen molar-refractivity contribution in [2.75, 3.05) is 14.2 Å².